The highest BCUT2D eigenvalue weighted by atomic mass is 16.5. The van der Waals surface area contributed by atoms with Crippen molar-refractivity contribution in [1.29, 1.82) is 0 Å². The quantitative estimate of drug-likeness (QED) is 0.373. The van der Waals surface area contributed by atoms with Gasteiger partial charge in [-0.2, -0.15) is 0 Å². The minimum atomic E-state index is -0.201. The fourth-order valence-electron chi connectivity index (χ4n) is 7.68. The number of nitrogens with two attached hydrogens (primary N) is 1. The number of morpholine rings is 1. The highest BCUT2D eigenvalue weighted by Crippen LogP contribution is 2.35. The normalized spacial score (nSPS) is 32.7. The third kappa shape index (κ3) is 7.47. The Hall–Kier alpha value is -2.20. The Morgan fingerprint density at radius 3 is 2.52 bits per heavy atom. The molecule has 3 heterocycles. The lowest BCUT2D eigenvalue weighted by Gasteiger charge is -2.38. The van der Waals surface area contributed by atoms with Crippen LogP contribution in [-0.4, -0.2) is 93.9 Å². The monoisotopic (exact) mass is 582 g/mol. The third-order valence-electron chi connectivity index (χ3n) is 10.5. The van der Waals surface area contributed by atoms with Gasteiger partial charge < -0.3 is 31.3 Å². The van der Waals surface area contributed by atoms with E-state index in [1.54, 1.807) is 0 Å². The smallest absolute Gasteiger partial charge is 0.251 e. The van der Waals surface area contributed by atoms with E-state index >= 15 is 0 Å². The van der Waals surface area contributed by atoms with Crippen molar-refractivity contribution in [3.8, 4) is 0 Å². The van der Waals surface area contributed by atoms with E-state index in [4.69, 9.17) is 10.5 Å². The molecule has 1 aliphatic carbocycles. The van der Waals surface area contributed by atoms with Crippen molar-refractivity contribution >= 4 is 17.5 Å². The average molecular weight is 583 g/mol. The number of hydrogen-bond acceptors (Lipinski definition) is 7. The molecule has 1 aromatic carbocycles. The van der Waals surface area contributed by atoms with Crippen LogP contribution in [0.3, 0.4) is 0 Å². The number of amides is 2. The van der Waals surface area contributed by atoms with Crippen LogP contribution in [0.25, 0.3) is 0 Å². The molecule has 5 N–H and O–H groups in total. The van der Waals surface area contributed by atoms with E-state index in [0.717, 1.165) is 101 Å². The van der Waals surface area contributed by atoms with Crippen molar-refractivity contribution in [2.24, 2.45) is 17.6 Å². The number of benzene rings is 1. The molecule has 1 saturated carbocycles. The SMILES string of the molecule is Cc1c(C(=O)NCC2C(=O)NC(C)CC2C)cc(C2CCC(CN3CCOCC3)NC2)cc1N(C)C1CCC(N)CC1. The Labute approximate surface area is 252 Å². The average Bonchev–Trinajstić information content (AvgIpc) is 2.97. The maximum atomic E-state index is 13.8. The molecule has 0 radical (unpaired) electrons. The maximum Gasteiger partial charge on any atom is 0.251 e. The Morgan fingerprint density at radius 1 is 1.12 bits per heavy atom. The number of anilines is 1. The topological polar surface area (TPSA) is 112 Å². The van der Waals surface area contributed by atoms with Gasteiger partial charge in [0.05, 0.1) is 19.1 Å². The van der Waals surface area contributed by atoms with Gasteiger partial charge in [0.2, 0.25) is 5.91 Å². The molecular formula is C33H54N6O3. The Kier molecular flexibility index (Phi) is 10.5. The molecule has 234 valence electrons. The van der Waals surface area contributed by atoms with Crippen LogP contribution in [0.1, 0.15) is 86.2 Å². The van der Waals surface area contributed by atoms with Crippen molar-refractivity contribution in [3.63, 3.8) is 0 Å². The summed E-state index contributed by atoms with van der Waals surface area (Å²) in [6.07, 6.45) is 7.38. The molecule has 0 aromatic heterocycles. The summed E-state index contributed by atoms with van der Waals surface area (Å²) in [5.41, 5.74) is 10.3. The molecule has 3 saturated heterocycles. The van der Waals surface area contributed by atoms with Gasteiger partial charge in [-0.25, -0.2) is 0 Å². The zero-order valence-corrected chi connectivity index (χ0v) is 26.3. The molecule has 42 heavy (non-hydrogen) atoms. The van der Waals surface area contributed by atoms with Gasteiger partial charge in [-0.3, -0.25) is 14.5 Å². The summed E-state index contributed by atoms with van der Waals surface area (Å²) in [4.78, 5) is 31.4. The van der Waals surface area contributed by atoms with Crippen molar-refractivity contribution < 1.29 is 14.3 Å². The van der Waals surface area contributed by atoms with Crippen LogP contribution in [-0.2, 0) is 9.53 Å². The van der Waals surface area contributed by atoms with Gasteiger partial charge in [0.25, 0.3) is 5.91 Å². The molecule has 4 fully saturated rings. The number of carbonyl (C=O) groups excluding carboxylic acids is 2. The number of piperidine rings is 2. The van der Waals surface area contributed by atoms with Gasteiger partial charge in [-0.1, -0.05) is 6.92 Å². The van der Waals surface area contributed by atoms with Gasteiger partial charge in [0.1, 0.15) is 0 Å². The molecule has 9 heteroatoms. The van der Waals surface area contributed by atoms with Crippen LogP contribution in [0.5, 0.6) is 0 Å². The van der Waals surface area contributed by atoms with Crippen molar-refractivity contribution in [2.75, 3.05) is 57.9 Å². The van der Waals surface area contributed by atoms with E-state index in [0.29, 0.717) is 30.6 Å². The molecule has 0 spiro atoms. The summed E-state index contributed by atoms with van der Waals surface area (Å²) in [6.45, 7) is 12.3. The van der Waals surface area contributed by atoms with Gasteiger partial charge in [0.15, 0.2) is 0 Å². The van der Waals surface area contributed by atoms with Gasteiger partial charge >= 0.3 is 0 Å². The predicted molar refractivity (Wildman–Crippen MR) is 168 cm³/mol. The second kappa shape index (κ2) is 14.1. The first-order chi connectivity index (χ1) is 20.2. The molecule has 0 bridgehead atoms. The zero-order chi connectivity index (χ0) is 29.8. The molecule has 5 rings (SSSR count). The van der Waals surface area contributed by atoms with Crippen molar-refractivity contribution in [2.45, 2.75) is 95.8 Å². The highest BCUT2D eigenvalue weighted by Gasteiger charge is 2.33. The lowest BCUT2D eigenvalue weighted by molar-refractivity contribution is -0.129. The molecule has 3 aliphatic heterocycles. The van der Waals surface area contributed by atoms with Crippen LogP contribution in [0.4, 0.5) is 5.69 Å². The predicted octanol–water partition coefficient (Wildman–Crippen LogP) is 2.76. The molecule has 1 aromatic rings. The summed E-state index contributed by atoms with van der Waals surface area (Å²) in [5.74, 6) is 0.355. The van der Waals surface area contributed by atoms with Crippen LogP contribution in [0, 0.1) is 18.8 Å². The molecule has 2 amide bonds. The Balaban J connectivity index is 1.32. The van der Waals surface area contributed by atoms with E-state index in [9.17, 15) is 9.59 Å². The minimum Gasteiger partial charge on any atom is -0.379 e. The molecule has 4 aliphatic rings. The minimum absolute atomic E-state index is 0.0443. The van der Waals surface area contributed by atoms with Gasteiger partial charge in [0, 0.05) is 75.2 Å². The number of nitrogens with zero attached hydrogens (tertiary/aromatic N) is 2. The molecular weight excluding hydrogens is 528 g/mol. The fourth-order valence-corrected chi connectivity index (χ4v) is 7.68. The van der Waals surface area contributed by atoms with Crippen LogP contribution in [0.2, 0.25) is 0 Å². The summed E-state index contributed by atoms with van der Waals surface area (Å²) >= 11 is 0. The standard InChI is InChI=1S/C33H54N6O3/c1-21-15-22(2)37-33(41)30(21)19-36-32(40)29-16-25(17-31(23(29)3)38(4)28-9-6-26(34)7-10-28)24-5-8-27(35-18-24)20-39-11-13-42-14-12-39/h16-17,21-22,24,26-28,30,35H,5-15,18-20,34H2,1-4H3,(H,36,40)(H,37,41). The molecule has 9 nitrogen and oxygen atoms in total. The van der Waals surface area contributed by atoms with Crippen LogP contribution < -0.4 is 26.6 Å². The fraction of sp³-hybridized carbons (Fsp3) is 0.758. The third-order valence-corrected chi connectivity index (χ3v) is 10.5. The lowest BCUT2D eigenvalue weighted by atomic mass is 9.84. The van der Waals surface area contributed by atoms with E-state index in [-0.39, 0.29) is 29.7 Å². The van der Waals surface area contributed by atoms with Crippen molar-refractivity contribution in [3.05, 3.63) is 28.8 Å². The number of nitrogens with one attached hydrogen (secondary N) is 3. The molecule has 5 atom stereocenters. The first kappa shape index (κ1) is 31.2. The summed E-state index contributed by atoms with van der Waals surface area (Å²) in [5, 5.41) is 10.0. The number of hydrogen-bond donors (Lipinski definition) is 4. The summed E-state index contributed by atoms with van der Waals surface area (Å²) in [7, 11) is 2.18. The van der Waals surface area contributed by atoms with E-state index in [1.165, 1.54) is 5.56 Å². The zero-order valence-electron chi connectivity index (χ0n) is 26.3. The first-order valence-corrected chi connectivity index (χ1v) is 16.4. The number of ether oxygens (including phenoxy) is 1. The maximum absolute atomic E-state index is 13.8. The van der Waals surface area contributed by atoms with E-state index < -0.39 is 0 Å². The number of rotatable bonds is 8. The van der Waals surface area contributed by atoms with E-state index in [2.05, 4.69) is 58.8 Å². The number of carbonyl (C=O) groups is 2. The molecule has 5 unspecified atom stereocenters. The summed E-state index contributed by atoms with van der Waals surface area (Å²) < 4.78 is 5.53. The van der Waals surface area contributed by atoms with Gasteiger partial charge in [-0.15, -0.1) is 0 Å². The first-order valence-electron chi connectivity index (χ1n) is 16.4. The second-order valence-electron chi connectivity index (χ2n) is 13.6. The van der Waals surface area contributed by atoms with Crippen molar-refractivity contribution in [1.82, 2.24) is 20.9 Å². The summed E-state index contributed by atoms with van der Waals surface area (Å²) in [6, 6.07) is 5.86. The highest BCUT2D eigenvalue weighted by molar-refractivity contribution is 5.97. The Bertz CT molecular complexity index is 1080. The second-order valence-corrected chi connectivity index (χ2v) is 13.6. The van der Waals surface area contributed by atoms with Gasteiger partial charge in [-0.05, 0) is 93.9 Å². The lowest BCUT2D eigenvalue weighted by Crippen LogP contribution is -2.50. The van der Waals surface area contributed by atoms with Crippen LogP contribution >= 0.6 is 0 Å². The van der Waals surface area contributed by atoms with E-state index in [1.807, 2.05) is 6.92 Å². The van der Waals surface area contributed by atoms with Crippen LogP contribution in [0.15, 0.2) is 12.1 Å². The Morgan fingerprint density at radius 2 is 1.86 bits per heavy atom. The largest absolute Gasteiger partial charge is 0.379 e.